The largest absolute Gasteiger partial charge is 0.465 e. The molecule has 0 aromatic heterocycles. The van der Waals surface area contributed by atoms with Crippen LogP contribution < -0.4 is 5.32 Å². The summed E-state index contributed by atoms with van der Waals surface area (Å²) < 4.78 is 23.8. The summed E-state index contributed by atoms with van der Waals surface area (Å²) in [4.78, 5) is 26.5. The SMILES string of the molecule is COC(=O)c1cccc(C(=O)NCC(c2cccc(F)c2)N2CCOCC2)c1. The summed E-state index contributed by atoms with van der Waals surface area (Å²) in [6, 6.07) is 12.6. The number of nitrogens with zero attached hydrogens (tertiary/aromatic N) is 1. The zero-order valence-corrected chi connectivity index (χ0v) is 15.7. The third kappa shape index (κ3) is 4.94. The highest BCUT2D eigenvalue weighted by Gasteiger charge is 2.24. The molecule has 0 saturated carbocycles. The third-order valence-electron chi connectivity index (χ3n) is 4.72. The molecule has 148 valence electrons. The van der Waals surface area contributed by atoms with Crippen LogP contribution in [-0.2, 0) is 9.47 Å². The number of nitrogens with one attached hydrogen (secondary N) is 1. The Morgan fingerprint density at radius 1 is 1.14 bits per heavy atom. The summed E-state index contributed by atoms with van der Waals surface area (Å²) >= 11 is 0. The number of esters is 1. The van der Waals surface area contributed by atoms with Crippen molar-refractivity contribution < 1.29 is 23.5 Å². The summed E-state index contributed by atoms with van der Waals surface area (Å²) in [5.41, 5.74) is 1.47. The van der Waals surface area contributed by atoms with Crippen LogP contribution in [0.25, 0.3) is 0 Å². The van der Waals surface area contributed by atoms with Gasteiger partial charge in [-0.1, -0.05) is 18.2 Å². The van der Waals surface area contributed by atoms with Crippen LogP contribution in [-0.4, -0.2) is 56.7 Å². The van der Waals surface area contributed by atoms with Gasteiger partial charge in [-0.25, -0.2) is 9.18 Å². The Balaban J connectivity index is 1.74. The molecule has 1 N–H and O–H groups in total. The number of benzene rings is 2. The number of rotatable bonds is 6. The Kier molecular flexibility index (Phi) is 6.73. The first kappa shape index (κ1) is 20.0. The standard InChI is InChI=1S/C21H23FN2O4/c1-27-21(26)17-6-2-5-16(12-17)20(25)23-14-19(24-8-10-28-11-9-24)15-4-3-7-18(22)13-15/h2-7,12-13,19H,8-11,14H2,1H3,(H,23,25). The number of morpholine rings is 1. The monoisotopic (exact) mass is 386 g/mol. The topological polar surface area (TPSA) is 67.9 Å². The van der Waals surface area contributed by atoms with Crippen molar-refractivity contribution in [3.05, 3.63) is 71.0 Å². The van der Waals surface area contributed by atoms with E-state index in [0.717, 1.165) is 5.56 Å². The lowest BCUT2D eigenvalue weighted by atomic mass is 10.0. The molecule has 1 aliphatic heterocycles. The summed E-state index contributed by atoms with van der Waals surface area (Å²) in [6.07, 6.45) is 0. The first-order valence-electron chi connectivity index (χ1n) is 9.12. The maximum atomic E-state index is 13.7. The zero-order chi connectivity index (χ0) is 19.9. The van der Waals surface area contributed by atoms with Crippen molar-refractivity contribution >= 4 is 11.9 Å². The van der Waals surface area contributed by atoms with Crippen molar-refractivity contribution in [3.63, 3.8) is 0 Å². The van der Waals surface area contributed by atoms with Gasteiger partial charge in [0.1, 0.15) is 5.82 Å². The van der Waals surface area contributed by atoms with Gasteiger partial charge in [0, 0.05) is 25.2 Å². The van der Waals surface area contributed by atoms with E-state index in [-0.39, 0.29) is 17.8 Å². The van der Waals surface area contributed by atoms with Crippen molar-refractivity contribution in [3.8, 4) is 0 Å². The van der Waals surface area contributed by atoms with E-state index in [4.69, 9.17) is 9.47 Å². The Hall–Kier alpha value is -2.77. The van der Waals surface area contributed by atoms with Gasteiger partial charge in [0.05, 0.1) is 31.9 Å². The molecule has 1 amide bonds. The molecule has 3 rings (SSSR count). The van der Waals surface area contributed by atoms with Crippen LogP contribution in [0.5, 0.6) is 0 Å². The first-order chi connectivity index (χ1) is 13.6. The second-order valence-corrected chi connectivity index (χ2v) is 6.50. The fraction of sp³-hybridized carbons (Fsp3) is 0.333. The summed E-state index contributed by atoms with van der Waals surface area (Å²) in [5.74, 6) is -1.12. The maximum Gasteiger partial charge on any atom is 0.337 e. The summed E-state index contributed by atoms with van der Waals surface area (Å²) in [6.45, 7) is 2.91. The third-order valence-corrected chi connectivity index (χ3v) is 4.72. The molecule has 1 saturated heterocycles. The lowest BCUT2D eigenvalue weighted by Crippen LogP contribution is -2.43. The highest BCUT2D eigenvalue weighted by molar-refractivity contribution is 5.97. The van der Waals surface area contributed by atoms with Gasteiger partial charge in [0.15, 0.2) is 0 Å². The van der Waals surface area contributed by atoms with Crippen molar-refractivity contribution in [2.45, 2.75) is 6.04 Å². The van der Waals surface area contributed by atoms with Crippen LogP contribution in [0, 0.1) is 5.82 Å². The lowest BCUT2D eigenvalue weighted by molar-refractivity contribution is 0.0162. The van der Waals surface area contributed by atoms with E-state index in [2.05, 4.69) is 10.2 Å². The molecule has 6 nitrogen and oxygen atoms in total. The van der Waals surface area contributed by atoms with Crippen LogP contribution in [0.15, 0.2) is 48.5 Å². The first-order valence-corrected chi connectivity index (χ1v) is 9.12. The Bertz CT molecular complexity index is 837. The number of carbonyl (C=O) groups is 2. The lowest BCUT2D eigenvalue weighted by Gasteiger charge is -2.35. The van der Waals surface area contributed by atoms with E-state index in [1.165, 1.54) is 25.3 Å². The fourth-order valence-electron chi connectivity index (χ4n) is 3.26. The van der Waals surface area contributed by atoms with Gasteiger partial charge < -0.3 is 14.8 Å². The van der Waals surface area contributed by atoms with Crippen LogP contribution in [0.1, 0.15) is 32.3 Å². The van der Waals surface area contributed by atoms with Crippen molar-refractivity contribution in [1.29, 1.82) is 0 Å². The molecular formula is C21H23FN2O4. The normalized spacial score (nSPS) is 15.6. The van der Waals surface area contributed by atoms with E-state index in [9.17, 15) is 14.0 Å². The molecule has 1 fully saturated rings. The van der Waals surface area contributed by atoms with Crippen LogP contribution in [0.3, 0.4) is 0 Å². The van der Waals surface area contributed by atoms with E-state index in [1.54, 1.807) is 24.3 Å². The molecular weight excluding hydrogens is 363 g/mol. The van der Waals surface area contributed by atoms with Crippen LogP contribution in [0.2, 0.25) is 0 Å². The molecule has 1 atom stereocenters. The van der Waals surface area contributed by atoms with Crippen molar-refractivity contribution in [1.82, 2.24) is 10.2 Å². The van der Waals surface area contributed by atoms with Gasteiger partial charge in [-0.05, 0) is 35.9 Å². The number of amides is 1. The molecule has 0 spiro atoms. The Labute approximate surface area is 163 Å². The molecule has 2 aromatic rings. The van der Waals surface area contributed by atoms with Gasteiger partial charge in [-0.2, -0.15) is 0 Å². The minimum absolute atomic E-state index is 0.174. The van der Waals surface area contributed by atoms with Crippen molar-refractivity contribution in [2.24, 2.45) is 0 Å². The highest BCUT2D eigenvalue weighted by atomic mass is 19.1. The average Bonchev–Trinajstić information content (AvgIpc) is 2.74. The van der Waals surface area contributed by atoms with Crippen LogP contribution in [0.4, 0.5) is 4.39 Å². The Morgan fingerprint density at radius 3 is 2.57 bits per heavy atom. The quantitative estimate of drug-likeness (QED) is 0.773. The molecule has 1 aliphatic rings. The maximum absolute atomic E-state index is 13.7. The number of hydrogen-bond acceptors (Lipinski definition) is 5. The smallest absolute Gasteiger partial charge is 0.337 e. The Morgan fingerprint density at radius 2 is 1.86 bits per heavy atom. The average molecular weight is 386 g/mol. The predicted octanol–water partition coefficient (Wildman–Crippen LogP) is 2.42. The number of halogens is 1. The van der Waals surface area contributed by atoms with Gasteiger partial charge in [0.25, 0.3) is 5.91 Å². The molecule has 0 bridgehead atoms. The molecule has 0 aliphatic carbocycles. The molecule has 7 heteroatoms. The second kappa shape index (κ2) is 9.43. The van der Waals surface area contributed by atoms with Gasteiger partial charge in [-0.3, -0.25) is 9.69 Å². The minimum atomic E-state index is -0.499. The van der Waals surface area contributed by atoms with Gasteiger partial charge in [0.2, 0.25) is 0 Å². The molecule has 2 aromatic carbocycles. The van der Waals surface area contributed by atoms with E-state index < -0.39 is 5.97 Å². The van der Waals surface area contributed by atoms with Crippen molar-refractivity contribution in [2.75, 3.05) is 40.0 Å². The number of methoxy groups -OCH3 is 1. The molecule has 28 heavy (non-hydrogen) atoms. The molecule has 0 radical (unpaired) electrons. The predicted molar refractivity (Wildman–Crippen MR) is 102 cm³/mol. The highest BCUT2D eigenvalue weighted by Crippen LogP contribution is 2.22. The molecule has 1 unspecified atom stereocenters. The van der Waals surface area contributed by atoms with E-state index in [0.29, 0.717) is 44.0 Å². The fourth-order valence-corrected chi connectivity index (χ4v) is 3.26. The summed E-state index contributed by atoms with van der Waals surface area (Å²) in [5, 5.41) is 2.90. The zero-order valence-electron chi connectivity index (χ0n) is 15.7. The molecule has 1 heterocycles. The van der Waals surface area contributed by atoms with E-state index >= 15 is 0 Å². The number of ether oxygens (including phenoxy) is 2. The number of hydrogen-bond donors (Lipinski definition) is 1. The number of carbonyl (C=O) groups excluding carboxylic acids is 2. The van der Waals surface area contributed by atoms with Gasteiger partial charge in [-0.15, -0.1) is 0 Å². The van der Waals surface area contributed by atoms with Gasteiger partial charge >= 0.3 is 5.97 Å². The minimum Gasteiger partial charge on any atom is -0.465 e. The second-order valence-electron chi connectivity index (χ2n) is 6.50. The summed E-state index contributed by atoms with van der Waals surface area (Å²) in [7, 11) is 1.29. The van der Waals surface area contributed by atoms with Crippen LogP contribution >= 0.6 is 0 Å². The van der Waals surface area contributed by atoms with E-state index in [1.807, 2.05) is 6.07 Å².